The minimum Gasteiger partial charge on any atom is -0.398 e. The molecule has 0 heterocycles. The van der Waals surface area contributed by atoms with Gasteiger partial charge in [0.05, 0.1) is 18.2 Å². The van der Waals surface area contributed by atoms with Gasteiger partial charge in [0.25, 0.3) is 5.91 Å². The van der Waals surface area contributed by atoms with Gasteiger partial charge in [-0.1, -0.05) is 46.3 Å². The Kier molecular flexibility index (Phi) is 4.76. The van der Waals surface area contributed by atoms with E-state index < -0.39 is 6.04 Å². The highest BCUT2D eigenvalue weighted by Crippen LogP contribution is 2.20. The Morgan fingerprint density at radius 3 is 2.55 bits per heavy atom. The summed E-state index contributed by atoms with van der Waals surface area (Å²) in [5.74, 6) is -0.307. The summed E-state index contributed by atoms with van der Waals surface area (Å²) in [6.07, 6.45) is 0. The van der Waals surface area contributed by atoms with Crippen LogP contribution >= 0.6 is 15.9 Å². The maximum atomic E-state index is 12.2. The Morgan fingerprint density at radius 1 is 1.25 bits per heavy atom. The summed E-state index contributed by atoms with van der Waals surface area (Å²) in [4.78, 5) is 12.2. The molecule has 20 heavy (non-hydrogen) atoms. The molecule has 4 nitrogen and oxygen atoms in total. The van der Waals surface area contributed by atoms with Crippen LogP contribution in [0.3, 0.4) is 0 Å². The van der Waals surface area contributed by atoms with Crippen LogP contribution in [0.25, 0.3) is 0 Å². The number of aliphatic hydroxyl groups is 1. The van der Waals surface area contributed by atoms with Crippen molar-refractivity contribution in [3.8, 4) is 0 Å². The topological polar surface area (TPSA) is 75.4 Å². The van der Waals surface area contributed by atoms with Gasteiger partial charge in [-0.25, -0.2) is 0 Å². The third-order valence-electron chi connectivity index (χ3n) is 2.95. The van der Waals surface area contributed by atoms with E-state index in [0.29, 0.717) is 11.3 Å². The van der Waals surface area contributed by atoms with E-state index in [9.17, 15) is 9.90 Å². The fraction of sp³-hybridized carbons (Fsp3) is 0.133. The second kappa shape index (κ2) is 6.54. The number of hydrogen-bond donors (Lipinski definition) is 3. The minimum absolute atomic E-state index is 0.174. The number of nitrogens with two attached hydrogens (primary N) is 1. The molecule has 0 unspecified atom stereocenters. The number of anilines is 1. The summed E-state index contributed by atoms with van der Waals surface area (Å²) < 4.78 is 0.813. The third kappa shape index (κ3) is 3.37. The van der Waals surface area contributed by atoms with Crippen molar-refractivity contribution < 1.29 is 9.90 Å². The van der Waals surface area contributed by atoms with Crippen molar-refractivity contribution in [3.63, 3.8) is 0 Å². The first-order valence-electron chi connectivity index (χ1n) is 6.13. The Bertz CT molecular complexity index is 602. The average Bonchev–Trinajstić information content (AvgIpc) is 2.45. The first-order valence-corrected chi connectivity index (χ1v) is 6.93. The molecule has 0 saturated carbocycles. The molecular weight excluding hydrogens is 320 g/mol. The summed E-state index contributed by atoms with van der Waals surface area (Å²) in [5.41, 5.74) is 7.45. The molecule has 1 amide bonds. The molecule has 0 fully saturated rings. The predicted octanol–water partition coefficient (Wildman–Crippen LogP) is 2.49. The molecule has 1 atom stereocenters. The second-order valence-electron chi connectivity index (χ2n) is 4.35. The predicted molar refractivity (Wildman–Crippen MR) is 82.3 cm³/mol. The van der Waals surface area contributed by atoms with E-state index >= 15 is 0 Å². The van der Waals surface area contributed by atoms with Gasteiger partial charge < -0.3 is 16.2 Å². The highest BCUT2D eigenvalue weighted by Gasteiger charge is 2.16. The normalized spacial score (nSPS) is 11.9. The van der Waals surface area contributed by atoms with Gasteiger partial charge in [0.15, 0.2) is 0 Å². The number of aliphatic hydroxyl groups excluding tert-OH is 1. The van der Waals surface area contributed by atoms with Crippen LogP contribution in [0.15, 0.2) is 53.0 Å². The zero-order valence-corrected chi connectivity index (χ0v) is 12.3. The number of nitrogen functional groups attached to an aromatic ring is 1. The van der Waals surface area contributed by atoms with Crippen LogP contribution in [0.1, 0.15) is 22.0 Å². The van der Waals surface area contributed by atoms with E-state index in [-0.39, 0.29) is 12.5 Å². The number of benzene rings is 2. The Hall–Kier alpha value is -1.85. The Morgan fingerprint density at radius 2 is 1.95 bits per heavy atom. The van der Waals surface area contributed by atoms with Crippen molar-refractivity contribution in [1.29, 1.82) is 0 Å². The van der Waals surface area contributed by atoms with E-state index in [1.54, 1.807) is 18.2 Å². The number of nitrogens with one attached hydrogen (secondary N) is 1. The van der Waals surface area contributed by atoms with Crippen molar-refractivity contribution in [3.05, 3.63) is 64.1 Å². The molecule has 2 rings (SSSR count). The van der Waals surface area contributed by atoms with Crippen LogP contribution in [0.2, 0.25) is 0 Å². The summed E-state index contributed by atoms with van der Waals surface area (Å²) in [7, 11) is 0. The molecule has 0 spiro atoms. The smallest absolute Gasteiger partial charge is 0.253 e. The Labute approximate surface area is 125 Å². The summed E-state index contributed by atoms with van der Waals surface area (Å²) >= 11 is 3.29. The third-order valence-corrected chi connectivity index (χ3v) is 3.44. The van der Waals surface area contributed by atoms with Gasteiger partial charge >= 0.3 is 0 Å². The number of rotatable bonds is 4. The van der Waals surface area contributed by atoms with Gasteiger partial charge in [0.2, 0.25) is 0 Å². The zero-order valence-electron chi connectivity index (χ0n) is 10.7. The van der Waals surface area contributed by atoms with E-state index in [1.165, 1.54) is 0 Å². The lowest BCUT2D eigenvalue weighted by molar-refractivity contribution is 0.0917. The quantitative estimate of drug-likeness (QED) is 0.752. The number of carbonyl (C=O) groups is 1. The van der Waals surface area contributed by atoms with Gasteiger partial charge in [-0.15, -0.1) is 0 Å². The van der Waals surface area contributed by atoms with Gasteiger partial charge in [0, 0.05) is 10.2 Å². The van der Waals surface area contributed by atoms with E-state index in [4.69, 9.17) is 5.73 Å². The molecule has 0 aliphatic carbocycles. The molecule has 0 aliphatic heterocycles. The zero-order chi connectivity index (χ0) is 14.5. The lowest BCUT2D eigenvalue weighted by atomic mass is 10.1. The van der Waals surface area contributed by atoms with Crippen LogP contribution in [0, 0.1) is 0 Å². The summed E-state index contributed by atoms with van der Waals surface area (Å²) in [6.45, 7) is -0.174. The van der Waals surface area contributed by atoms with E-state index in [1.807, 2.05) is 30.3 Å². The van der Waals surface area contributed by atoms with Gasteiger partial charge in [-0.05, 0) is 23.8 Å². The standard InChI is InChI=1S/C15H15BrN2O2/c16-11-6-7-12(13(17)8-11)15(20)18-14(9-19)10-4-2-1-3-5-10/h1-8,14,19H,9,17H2,(H,18,20)/t14-/m0/s1. The molecule has 0 aromatic heterocycles. The molecule has 2 aromatic rings. The van der Waals surface area contributed by atoms with Crippen LogP contribution in [-0.4, -0.2) is 17.6 Å². The minimum atomic E-state index is -0.452. The van der Waals surface area contributed by atoms with Crippen molar-refractivity contribution in [2.75, 3.05) is 12.3 Å². The van der Waals surface area contributed by atoms with E-state index in [0.717, 1.165) is 10.0 Å². The van der Waals surface area contributed by atoms with Crippen LogP contribution in [0.4, 0.5) is 5.69 Å². The fourth-order valence-electron chi connectivity index (χ4n) is 1.90. The van der Waals surface area contributed by atoms with E-state index in [2.05, 4.69) is 21.2 Å². The molecule has 2 aromatic carbocycles. The SMILES string of the molecule is Nc1cc(Br)ccc1C(=O)N[C@@H](CO)c1ccccc1. The highest BCUT2D eigenvalue weighted by molar-refractivity contribution is 9.10. The van der Waals surface area contributed by atoms with Crippen molar-refractivity contribution in [2.24, 2.45) is 0 Å². The van der Waals surface area contributed by atoms with Gasteiger partial charge in [-0.3, -0.25) is 4.79 Å². The second-order valence-corrected chi connectivity index (χ2v) is 5.27. The molecular formula is C15H15BrN2O2. The molecule has 0 radical (unpaired) electrons. The average molecular weight is 335 g/mol. The van der Waals surface area contributed by atoms with Crippen LogP contribution < -0.4 is 11.1 Å². The van der Waals surface area contributed by atoms with Crippen molar-refractivity contribution in [1.82, 2.24) is 5.32 Å². The number of amides is 1. The molecule has 0 saturated heterocycles. The van der Waals surface area contributed by atoms with Gasteiger partial charge in [-0.2, -0.15) is 0 Å². The molecule has 5 heteroatoms. The van der Waals surface area contributed by atoms with Crippen molar-refractivity contribution in [2.45, 2.75) is 6.04 Å². The lowest BCUT2D eigenvalue weighted by Gasteiger charge is -2.17. The maximum Gasteiger partial charge on any atom is 0.253 e. The molecule has 104 valence electrons. The number of halogens is 1. The largest absolute Gasteiger partial charge is 0.398 e. The summed E-state index contributed by atoms with van der Waals surface area (Å²) in [6, 6.07) is 13.9. The van der Waals surface area contributed by atoms with Crippen LogP contribution in [-0.2, 0) is 0 Å². The number of hydrogen-bond acceptors (Lipinski definition) is 3. The Balaban J connectivity index is 2.17. The lowest BCUT2D eigenvalue weighted by Crippen LogP contribution is -2.31. The first kappa shape index (κ1) is 14.6. The van der Waals surface area contributed by atoms with Gasteiger partial charge in [0.1, 0.15) is 0 Å². The number of carbonyl (C=O) groups excluding carboxylic acids is 1. The van der Waals surface area contributed by atoms with Crippen molar-refractivity contribution >= 4 is 27.5 Å². The molecule has 0 aliphatic rings. The molecule has 0 bridgehead atoms. The first-order chi connectivity index (χ1) is 9.61. The highest BCUT2D eigenvalue weighted by atomic mass is 79.9. The fourth-order valence-corrected chi connectivity index (χ4v) is 2.27. The van der Waals surface area contributed by atoms with Crippen LogP contribution in [0.5, 0.6) is 0 Å². The monoisotopic (exact) mass is 334 g/mol. The maximum absolute atomic E-state index is 12.2. The summed E-state index contributed by atoms with van der Waals surface area (Å²) in [5, 5.41) is 12.2. The molecule has 4 N–H and O–H groups in total.